The van der Waals surface area contributed by atoms with Gasteiger partial charge in [-0.2, -0.15) is 5.10 Å². The standard InChI is InChI=1S/C27H26N4O4/c1-34-23-9-5-8-20(16-23)26-24(18-31(30-26)17-19-6-3-2-4-7-19)27(33)29-21-10-12-22(13-11-21)35-15-14-25(28)32/h2-13,16,18H,14-15,17H2,1H3,(H2,28,32)(H,29,33). The molecule has 8 heteroatoms. The van der Waals surface area contributed by atoms with Crippen molar-refractivity contribution in [3.8, 4) is 22.8 Å². The zero-order valence-corrected chi connectivity index (χ0v) is 19.3. The molecule has 0 atom stereocenters. The molecule has 0 aliphatic heterocycles. The van der Waals surface area contributed by atoms with Crippen molar-refractivity contribution in [2.45, 2.75) is 13.0 Å². The van der Waals surface area contributed by atoms with E-state index in [9.17, 15) is 9.59 Å². The number of methoxy groups -OCH3 is 1. The number of anilines is 1. The van der Waals surface area contributed by atoms with Gasteiger partial charge in [-0.1, -0.05) is 42.5 Å². The van der Waals surface area contributed by atoms with E-state index >= 15 is 0 Å². The normalized spacial score (nSPS) is 10.5. The Balaban J connectivity index is 1.56. The Morgan fingerprint density at radius 1 is 0.971 bits per heavy atom. The van der Waals surface area contributed by atoms with Crippen LogP contribution in [0.5, 0.6) is 11.5 Å². The SMILES string of the molecule is COc1cccc(-c2nn(Cc3ccccc3)cc2C(=O)Nc2ccc(OCCC(N)=O)cc2)c1. The van der Waals surface area contributed by atoms with E-state index in [0.29, 0.717) is 35.0 Å². The van der Waals surface area contributed by atoms with Crippen LogP contribution in [0.15, 0.2) is 85.1 Å². The third-order valence-electron chi connectivity index (χ3n) is 5.27. The lowest BCUT2D eigenvalue weighted by Crippen LogP contribution is -2.14. The Kier molecular flexibility index (Phi) is 7.42. The van der Waals surface area contributed by atoms with Crippen LogP contribution in [0.25, 0.3) is 11.3 Å². The van der Waals surface area contributed by atoms with Crippen molar-refractivity contribution < 1.29 is 19.1 Å². The highest BCUT2D eigenvalue weighted by molar-refractivity contribution is 6.08. The van der Waals surface area contributed by atoms with Crippen molar-refractivity contribution >= 4 is 17.5 Å². The number of aromatic nitrogens is 2. The van der Waals surface area contributed by atoms with Crippen molar-refractivity contribution in [2.75, 3.05) is 19.0 Å². The van der Waals surface area contributed by atoms with Crippen LogP contribution in [0, 0.1) is 0 Å². The van der Waals surface area contributed by atoms with Gasteiger partial charge in [-0.05, 0) is 42.0 Å². The summed E-state index contributed by atoms with van der Waals surface area (Å²) in [6.07, 6.45) is 1.89. The van der Waals surface area contributed by atoms with Crippen LogP contribution in [0.3, 0.4) is 0 Å². The lowest BCUT2D eigenvalue weighted by atomic mass is 10.1. The average molecular weight is 471 g/mol. The van der Waals surface area contributed by atoms with Crippen molar-refractivity contribution in [1.29, 1.82) is 0 Å². The number of primary amides is 1. The fourth-order valence-corrected chi connectivity index (χ4v) is 3.52. The first kappa shape index (κ1) is 23.6. The van der Waals surface area contributed by atoms with E-state index in [-0.39, 0.29) is 18.9 Å². The second kappa shape index (κ2) is 11.0. The summed E-state index contributed by atoms with van der Waals surface area (Å²) in [5.74, 6) is 0.549. The van der Waals surface area contributed by atoms with Crippen LogP contribution < -0.4 is 20.5 Å². The molecule has 0 spiro atoms. The number of carbonyl (C=O) groups is 2. The zero-order chi connectivity index (χ0) is 24.6. The number of hydrogen-bond acceptors (Lipinski definition) is 5. The van der Waals surface area contributed by atoms with E-state index in [0.717, 1.165) is 11.1 Å². The molecular weight excluding hydrogens is 444 g/mol. The number of carbonyl (C=O) groups excluding carboxylic acids is 2. The Labute approximate surface area is 203 Å². The Bertz CT molecular complexity index is 1300. The maximum Gasteiger partial charge on any atom is 0.259 e. The van der Waals surface area contributed by atoms with Crippen LogP contribution >= 0.6 is 0 Å². The second-order valence-corrected chi connectivity index (χ2v) is 7.85. The number of hydrogen-bond donors (Lipinski definition) is 2. The molecule has 0 aliphatic rings. The van der Waals surface area contributed by atoms with Crippen molar-refractivity contribution in [2.24, 2.45) is 5.73 Å². The number of rotatable bonds is 10. The Morgan fingerprint density at radius 3 is 2.46 bits per heavy atom. The topological polar surface area (TPSA) is 108 Å². The van der Waals surface area contributed by atoms with Crippen LogP contribution in [-0.4, -0.2) is 35.3 Å². The summed E-state index contributed by atoms with van der Waals surface area (Å²) in [5, 5.41) is 7.64. The lowest BCUT2D eigenvalue weighted by molar-refractivity contribution is -0.118. The quantitative estimate of drug-likeness (QED) is 0.363. The van der Waals surface area contributed by atoms with E-state index in [2.05, 4.69) is 5.32 Å². The summed E-state index contributed by atoms with van der Waals surface area (Å²) in [5.41, 5.74) is 8.58. The van der Waals surface area contributed by atoms with Gasteiger partial charge in [0.25, 0.3) is 5.91 Å². The molecular formula is C27H26N4O4. The third kappa shape index (κ3) is 6.26. The van der Waals surface area contributed by atoms with Gasteiger partial charge in [0.05, 0.1) is 32.2 Å². The molecule has 178 valence electrons. The number of amides is 2. The Hall–Kier alpha value is -4.59. The first-order chi connectivity index (χ1) is 17.0. The van der Waals surface area contributed by atoms with Gasteiger partial charge in [0.1, 0.15) is 17.2 Å². The van der Waals surface area contributed by atoms with E-state index in [1.807, 2.05) is 54.6 Å². The fourth-order valence-electron chi connectivity index (χ4n) is 3.52. The summed E-state index contributed by atoms with van der Waals surface area (Å²) in [6, 6.07) is 24.3. The molecule has 4 aromatic rings. The van der Waals surface area contributed by atoms with Crippen molar-refractivity contribution in [3.05, 3.63) is 96.2 Å². The fraction of sp³-hybridized carbons (Fsp3) is 0.148. The van der Waals surface area contributed by atoms with Gasteiger partial charge in [0.15, 0.2) is 0 Å². The smallest absolute Gasteiger partial charge is 0.259 e. The minimum atomic E-state index is -0.423. The largest absolute Gasteiger partial charge is 0.497 e. The molecule has 3 aromatic carbocycles. The number of nitrogens with one attached hydrogen (secondary N) is 1. The molecule has 0 bridgehead atoms. The first-order valence-corrected chi connectivity index (χ1v) is 11.1. The molecule has 1 heterocycles. The number of nitrogens with zero attached hydrogens (tertiary/aromatic N) is 2. The summed E-state index contributed by atoms with van der Waals surface area (Å²) in [6.45, 7) is 0.730. The molecule has 3 N–H and O–H groups in total. The van der Waals surface area contributed by atoms with Gasteiger partial charge < -0.3 is 20.5 Å². The lowest BCUT2D eigenvalue weighted by Gasteiger charge is -2.08. The molecule has 0 fully saturated rings. The molecule has 4 rings (SSSR count). The van der Waals surface area contributed by atoms with E-state index in [1.54, 1.807) is 42.3 Å². The molecule has 35 heavy (non-hydrogen) atoms. The summed E-state index contributed by atoms with van der Waals surface area (Å²) < 4.78 is 12.6. The predicted octanol–water partition coefficient (Wildman–Crippen LogP) is 4.11. The predicted molar refractivity (Wildman–Crippen MR) is 133 cm³/mol. The van der Waals surface area contributed by atoms with Gasteiger partial charge >= 0.3 is 0 Å². The van der Waals surface area contributed by atoms with Crippen LogP contribution in [0.1, 0.15) is 22.3 Å². The van der Waals surface area contributed by atoms with Crippen molar-refractivity contribution in [1.82, 2.24) is 9.78 Å². The van der Waals surface area contributed by atoms with Gasteiger partial charge in [0, 0.05) is 17.4 Å². The van der Waals surface area contributed by atoms with E-state index in [1.165, 1.54) is 0 Å². The third-order valence-corrected chi connectivity index (χ3v) is 5.27. The Morgan fingerprint density at radius 2 is 1.74 bits per heavy atom. The molecule has 0 aliphatic carbocycles. The van der Waals surface area contributed by atoms with E-state index in [4.69, 9.17) is 20.3 Å². The molecule has 0 unspecified atom stereocenters. The minimum Gasteiger partial charge on any atom is -0.497 e. The highest BCUT2D eigenvalue weighted by Gasteiger charge is 2.19. The summed E-state index contributed by atoms with van der Waals surface area (Å²) in [4.78, 5) is 24.1. The molecule has 2 amide bonds. The number of ether oxygens (including phenoxy) is 2. The number of benzene rings is 3. The maximum atomic E-state index is 13.3. The van der Waals surface area contributed by atoms with Crippen LogP contribution in [0.4, 0.5) is 5.69 Å². The highest BCUT2D eigenvalue weighted by Crippen LogP contribution is 2.27. The first-order valence-electron chi connectivity index (χ1n) is 11.1. The van der Waals surface area contributed by atoms with Gasteiger partial charge in [0.2, 0.25) is 5.91 Å². The molecule has 0 saturated heterocycles. The molecule has 0 saturated carbocycles. The monoisotopic (exact) mass is 470 g/mol. The number of nitrogens with two attached hydrogens (primary N) is 1. The van der Waals surface area contributed by atoms with Gasteiger partial charge in [-0.15, -0.1) is 0 Å². The summed E-state index contributed by atoms with van der Waals surface area (Å²) in [7, 11) is 1.60. The van der Waals surface area contributed by atoms with Gasteiger partial charge in [-0.3, -0.25) is 14.3 Å². The molecule has 8 nitrogen and oxygen atoms in total. The maximum absolute atomic E-state index is 13.3. The summed E-state index contributed by atoms with van der Waals surface area (Å²) >= 11 is 0. The highest BCUT2D eigenvalue weighted by atomic mass is 16.5. The molecule has 1 aromatic heterocycles. The van der Waals surface area contributed by atoms with Crippen LogP contribution in [-0.2, 0) is 11.3 Å². The van der Waals surface area contributed by atoms with Crippen LogP contribution in [0.2, 0.25) is 0 Å². The zero-order valence-electron chi connectivity index (χ0n) is 19.3. The average Bonchev–Trinajstić information content (AvgIpc) is 3.29. The van der Waals surface area contributed by atoms with Gasteiger partial charge in [-0.25, -0.2) is 0 Å². The minimum absolute atomic E-state index is 0.137. The second-order valence-electron chi connectivity index (χ2n) is 7.85. The van der Waals surface area contributed by atoms with E-state index < -0.39 is 5.91 Å². The molecule has 0 radical (unpaired) electrons. The van der Waals surface area contributed by atoms with Crippen molar-refractivity contribution in [3.63, 3.8) is 0 Å².